The number of anilines is 1. The molecule has 0 saturated carbocycles. The number of benzene rings is 2. The van der Waals surface area contributed by atoms with Crippen LogP contribution in [0.3, 0.4) is 0 Å². The van der Waals surface area contributed by atoms with Crippen LogP contribution in [-0.2, 0) is 5.75 Å². The van der Waals surface area contributed by atoms with Crippen molar-refractivity contribution in [1.82, 2.24) is 0 Å². The molecule has 1 N–H and O–H groups in total. The summed E-state index contributed by atoms with van der Waals surface area (Å²) in [5, 5.41) is 14.6. The summed E-state index contributed by atoms with van der Waals surface area (Å²) in [7, 11) is 0. The summed E-state index contributed by atoms with van der Waals surface area (Å²) in [5.74, 6) is 1.92. The largest absolute Gasteiger partial charge is 0.372 e. The minimum Gasteiger partial charge on any atom is -0.372 e. The van der Waals surface area contributed by atoms with Crippen molar-refractivity contribution in [3.05, 3.63) is 69.3 Å². The summed E-state index contributed by atoms with van der Waals surface area (Å²) < 4.78 is 0. The first-order valence-electron chi connectivity index (χ1n) is 6.82. The first-order valence-corrected chi connectivity index (χ1v) is 7.98. The fourth-order valence-electron chi connectivity index (χ4n) is 2.60. The van der Waals surface area contributed by atoms with Crippen LogP contribution < -0.4 is 5.32 Å². The molecule has 0 spiro atoms. The van der Waals surface area contributed by atoms with E-state index >= 15 is 0 Å². The van der Waals surface area contributed by atoms with Gasteiger partial charge in [0, 0.05) is 17.6 Å². The Morgan fingerprint density at radius 3 is 2.90 bits per heavy atom. The Balaban J connectivity index is 1.93. The van der Waals surface area contributed by atoms with Crippen molar-refractivity contribution in [2.75, 3.05) is 11.1 Å². The highest BCUT2D eigenvalue weighted by Gasteiger charge is 2.23. The van der Waals surface area contributed by atoms with Crippen LogP contribution in [0.15, 0.2) is 42.5 Å². The molecule has 1 heterocycles. The number of nitro groups is 1. The molecular weight excluding hydrogens is 284 g/mol. The summed E-state index contributed by atoms with van der Waals surface area (Å²) in [6, 6.07) is 13.7. The third-order valence-corrected chi connectivity index (χ3v) is 4.74. The normalized spacial score (nSPS) is 17.1. The first-order chi connectivity index (χ1) is 10.1. The van der Waals surface area contributed by atoms with Gasteiger partial charge in [-0.3, -0.25) is 10.1 Å². The monoisotopic (exact) mass is 300 g/mol. The van der Waals surface area contributed by atoms with Gasteiger partial charge >= 0.3 is 0 Å². The fourth-order valence-corrected chi connectivity index (χ4v) is 3.70. The molecule has 1 unspecified atom stereocenters. The van der Waals surface area contributed by atoms with Gasteiger partial charge in [-0.2, -0.15) is 11.8 Å². The molecule has 1 aliphatic heterocycles. The highest BCUT2D eigenvalue weighted by atomic mass is 32.2. The van der Waals surface area contributed by atoms with E-state index in [2.05, 4.69) is 17.4 Å². The second-order valence-corrected chi connectivity index (χ2v) is 6.22. The first kappa shape index (κ1) is 13.9. The van der Waals surface area contributed by atoms with E-state index in [1.165, 1.54) is 11.1 Å². The lowest BCUT2D eigenvalue weighted by Crippen LogP contribution is -2.19. The van der Waals surface area contributed by atoms with Crippen LogP contribution in [-0.4, -0.2) is 10.7 Å². The van der Waals surface area contributed by atoms with Gasteiger partial charge < -0.3 is 5.32 Å². The van der Waals surface area contributed by atoms with Gasteiger partial charge in [-0.15, -0.1) is 0 Å². The molecule has 0 radical (unpaired) electrons. The van der Waals surface area contributed by atoms with Gasteiger partial charge in [-0.1, -0.05) is 30.3 Å². The molecule has 0 fully saturated rings. The molecule has 0 amide bonds. The number of thioether (sulfide) groups is 1. The van der Waals surface area contributed by atoms with E-state index in [9.17, 15) is 10.1 Å². The molecule has 0 aromatic heterocycles. The quantitative estimate of drug-likeness (QED) is 0.678. The maximum absolute atomic E-state index is 11.2. The SMILES string of the molecule is Cc1ccc(NC2CSCc3ccccc32)c([N+](=O)[O-])c1. The zero-order valence-electron chi connectivity index (χ0n) is 11.7. The molecule has 21 heavy (non-hydrogen) atoms. The Morgan fingerprint density at radius 2 is 2.10 bits per heavy atom. The maximum atomic E-state index is 11.2. The van der Waals surface area contributed by atoms with Gasteiger partial charge in [0.05, 0.1) is 11.0 Å². The molecule has 4 nitrogen and oxygen atoms in total. The standard InChI is InChI=1S/C16H16N2O2S/c1-11-6-7-14(16(8-11)18(19)20)17-15-10-21-9-12-4-2-3-5-13(12)15/h2-8,15,17H,9-10H2,1H3. The van der Waals surface area contributed by atoms with Crippen LogP contribution in [0.1, 0.15) is 22.7 Å². The predicted molar refractivity (Wildman–Crippen MR) is 86.8 cm³/mol. The Morgan fingerprint density at radius 1 is 1.29 bits per heavy atom. The van der Waals surface area contributed by atoms with Crippen molar-refractivity contribution in [2.45, 2.75) is 18.7 Å². The summed E-state index contributed by atoms with van der Waals surface area (Å²) in [5.41, 5.74) is 4.17. The number of nitro benzene ring substituents is 1. The Labute approximate surface area is 127 Å². The Hall–Kier alpha value is -2.01. The summed E-state index contributed by atoms with van der Waals surface area (Å²) in [6.45, 7) is 1.86. The molecule has 3 rings (SSSR count). The van der Waals surface area contributed by atoms with Crippen LogP contribution in [0.4, 0.5) is 11.4 Å². The number of nitrogens with one attached hydrogen (secondary N) is 1. The second-order valence-electron chi connectivity index (χ2n) is 5.19. The van der Waals surface area contributed by atoms with E-state index in [1.807, 2.05) is 36.9 Å². The van der Waals surface area contributed by atoms with E-state index in [1.54, 1.807) is 12.1 Å². The number of hydrogen-bond acceptors (Lipinski definition) is 4. The van der Waals surface area contributed by atoms with E-state index in [-0.39, 0.29) is 16.7 Å². The zero-order valence-corrected chi connectivity index (χ0v) is 12.5. The minimum absolute atomic E-state index is 0.112. The van der Waals surface area contributed by atoms with E-state index in [4.69, 9.17) is 0 Å². The molecule has 0 aliphatic carbocycles. The van der Waals surface area contributed by atoms with Crippen LogP contribution in [0.2, 0.25) is 0 Å². The Kier molecular flexibility index (Phi) is 3.84. The maximum Gasteiger partial charge on any atom is 0.292 e. The van der Waals surface area contributed by atoms with E-state index in [0.29, 0.717) is 5.69 Å². The molecule has 0 saturated heterocycles. The van der Waals surface area contributed by atoms with Crippen LogP contribution in [0, 0.1) is 17.0 Å². The van der Waals surface area contributed by atoms with Crippen molar-refractivity contribution in [2.24, 2.45) is 0 Å². The molecule has 1 aliphatic rings. The van der Waals surface area contributed by atoms with Crippen LogP contribution in [0.25, 0.3) is 0 Å². The van der Waals surface area contributed by atoms with E-state index in [0.717, 1.165) is 17.1 Å². The highest BCUT2D eigenvalue weighted by molar-refractivity contribution is 7.98. The number of nitrogens with zero attached hydrogens (tertiary/aromatic N) is 1. The lowest BCUT2D eigenvalue weighted by molar-refractivity contribution is -0.384. The third-order valence-electron chi connectivity index (χ3n) is 3.65. The average molecular weight is 300 g/mol. The van der Waals surface area contributed by atoms with Gasteiger partial charge in [0.2, 0.25) is 0 Å². The van der Waals surface area contributed by atoms with Crippen LogP contribution in [0.5, 0.6) is 0 Å². The van der Waals surface area contributed by atoms with Gasteiger partial charge in [-0.25, -0.2) is 0 Å². The van der Waals surface area contributed by atoms with E-state index < -0.39 is 0 Å². The molecule has 1 atom stereocenters. The highest BCUT2D eigenvalue weighted by Crippen LogP contribution is 2.36. The molecule has 0 bridgehead atoms. The summed E-state index contributed by atoms with van der Waals surface area (Å²) in [6.07, 6.45) is 0. The van der Waals surface area contributed by atoms with Gasteiger partial charge in [0.15, 0.2) is 0 Å². The predicted octanol–water partition coefficient (Wildman–Crippen LogP) is 4.30. The third kappa shape index (κ3) is 2.88. The molecular formula is C16H16N2O2S. The van der Waals surface area contributed by atoms with Gasteiger partial charge in [0.1, 0.15) is 5.69 Å². The fraction of sp³-hybridized carbons (Fsp3) is 0.250. The molecule has 108 valence electrons. The average Bonchev–Trinajstić information content (AvgIpc) is 2.49. The lowest BCUT2D eigenvalue weighted by Gasteiger charge is -2.26. The number of rotatable bonds is 3. The second kappa shape index (κ2) is 5.77. The smallest absolute Gasteiger partial charge is 0.292 e. The molecule has 2 aromatic rings. The van der Waals surface area contributed by atoms with Gasteiger partial charge in [-0.05, 0) is 29.7 Å². The number of fused-ring (bicyclic) bond motifs is 1. The topological polar surface area (TPSA) is 55.2 Å². The van der Waals surface area contributed by atoms with Crippen LogP contribution >= 0.6 is 11.8 Å². The van der Waals surface area contributed by atoms with Crippen molar-refractivity contribution in [1.29, 1.82) is 0 Å². The number of hydrogen-bond donors (Lipinski definition) is 1. The Bertz CT molecular complexity index is 688. The van der Waals surface area contributed by atoms with Crippen molar-refractivity contribution in [3.63, 3.8) is 0 Å². The molecule has 5 heteroatoms. The summed E-state index contributed by atoms with van der Waals surface area (Å²) >= 11 is 1.85. The zero-order chi connectivity index (χ0) is 14.8. The summed E-state index contributed by atoms with van der Waals surface area (Å²) in [4.78, 5) is 10.9. The lowest BCUT2D eigenvalue weighted by atomic mass is 10.0. The van der Waals surface area contributed by atoms with Crippen molar-refractivity contribution < 1.29 is 4.92 Å². The molecule has 2 aromatic carbocycles. The van der Waals surface area contributed by atoms with Crippen molar-refractivity contribution >= 4 is 23.1 Å². The minimum atomic E-state index is -0.322. The number of aryl methyl sites for hydroxylation is 1. The van der Waals surface area contributed by atoms with Crippen molar-refractivity contribution in [3.8, 4) is 0 Å². The van der Waals surface area contributed by atoms with Gasteiger partial charge in [0.25, 0.3) is 5.69 Å².